The molecular formula is C14H22N2O2. The number of rotatable bonds is 7. The van der Waals surface area contributed by atoms with Crippen molar-refractivity contribution >= 4 is 5.91 Å². The fourth-order valence-electron chi connectivity index (χ4n) is 1.61. The maximum Gasteiger partial charge on any atom is 0.224 e. The Hall–Kier alpha value is -1.55. The van der Waals surface area contributed by atoms with Gasteiger partial charge < -0.3 is 15.0 Å². The van der Waals surface area contributed by atoms with Crippen molar-refractivity contribution < 1.29 is 9.53 Å². The number of nitrogens with zero attached hydrogens (tertiary/aromatic N) is 1. The van der Waals surface area contributed by atoms with Crippen LogP contribution in [0.3, 0.4) is 0 Å². The van der Waals surface area contributed by atoms with Crippen molar-refractivity contribution in [2.75, 3.05) is 34.3 Å². The number of benzene rings is 1. The summed E-state index contributed by atoms with van der Waals surface area (Å²) >= 11 is 0. The van der Waals surface area contributed by atoms with Gasteiger partial charge >= 0.3 is 0 Å². The first-order valence-corrected chi connectivity index (χ1v) is 6.16. The largest absolute Gasteiger partial charge is 0.497 e. The van der Waals surface area contributed by atoms with Gasteiger partial charge in [0.1, 0.15) is 5.75 Å². The number of nitrogens with one attached hydrogen (secondary N) is 1. The van der Waals surface area contributed by atoms with Crippen molar-refractivity contribution in [2.45, 2.75) is 12.8 Å². The van der Waals surface area contributed by atoms with Gasteiger partial charge in [0, 0.05) is 6.54 Å². The lowest BCUT2D eigenvalue weighted by Gasteiger charge is -2.10. The molecule has 0 aliphatic rings. The summed E-state index contributed by atoms with van der Waals surface area (Å²) < 4.78 is 5.07. The highest BCUT2D eigenvalue weighted by atomic mass is 16.5. The zero-order valence-electron chi connectivity index (χ0n) is 11.4. The second kappa shape index (κ2) is 7.71. The number of hydrogen-bond acceptors (Lipinski definition) is 3. The molecule has 0 heterocycles. The SMILES string of the molecule is COc1ccc(CC(=O)NCCCN(C)C)cc1. The first-order chi connectivity index (χ1) is 8.61. The van der Waals surface area contributed by atoms with E-state index in [2.05, 4.69) is 10.2 Å². The lowest BCUT2D eigenvalue weighted by Crippen LogP contribution is -2.28. The lowest BCUT2D eigenvalue weighted by atomic mass is 10.1. The Kier molecular flexibility index (Phi) is 6.22. The molecule has 0 saturated carbocycles. The summed E-state index contributed by atoms with van der Waals surface area (Å²) in [7, 11) is 5.69. The van der Waals surface area contributed by atoms with Gasteiger partial charge in [0.05, 0.1) is 13.5 Å². The van der Waals surface area contributed by atoms with Crippen molar-refractivity contribution in [3.05, 3.63) is 29.8 Å². The molecule has 0 spiro atoms. The molecule has 0 radical (unpaired) electrons. The minimum absolute atomic E-state index is 0.0684. The van der Waals surface area contributed by atoms with Gasteiger partial charge in [0.25, 0.3) is 0 Å². The fraction of sp³-hybridized carbons (Fsp3) is 0.500. The zero-order chi connectivity index (χ0) is 13.4. The van der Waals surface area contributed by atoms with E-state index >= 15 is 0 Å². The number of methoxy groups -OCH3 is 1. The molecule has 4 nitrogen and oxygen atoms in total. The molecule has 0 aromatic heterocycles. The highest BCUT2D eigenvalue weighted by Gasteiger charge is 2.03. The summed E-state index contributed by atoms with van der Waals surface area (Å²) in [5, 5.41) is 2.92. The monoisotopic (exact) mass is 250 g/mol. The number of carbonyl (C=O) groups is 1. The van der Waals surface area contributed by atoms with Crippen LogP contribution in [0.5, 0.6) is 5.75 Å². The Balaban J connectivity index is 2.26. The minimum atomic E-state index is 0.0684. The minimum Gasteiger partial charge on any atom is -0.497 e. The molecule has 0 aliphatic heterocycles. The molecule has 0 bridgehead atoms. The molecule has 1 amide bonds. The molecule has 1 rings (SSSR count). The molecule has 0 unspecified atom stereocenters. The zero-order valence-corrected chi connectivity index (χ0v) is 11.4. The van der Waals surface area contributed by atoms with Crippen molar-refractivity contribution in [2.24, 2.45) is 0 Å². The molecule has 18 heavy (non-hydrogen) atoms. The van der Waals surface area contributed by atoms with Crippen LogP contribution in [0.1, 0.15) is 12.0 Å². The van der Waals surface area contributed by atoms with Crippen molar-refractivity contribution in [1.29, 1.82) is 0 Å². The van der Waals surface area contributed by atoms with Gasteiger partial charge in [-0.25, -0.2) is 0 Å². The molecule has 100 valence electrons. The van der Waals surface area contributed by atoms with Crippen LogP contribution in [0.15, 0.2) is 24.3 Å². The smallest absolute Gasteiger partial charge is 0.224 e. The van der Waals surface area contributed by atoms with Crippen molar-refractivity contribution in [1.82, 2.24) is 10.2 Å². The Bertz CT molecular complexity index is 361. The van der Waals surface area contributed by atoms with E-state index in [9.17, 15) is 4.79 Å². The number of amides is 1. The predicted molar refractivity (Wildman–Crippen MR) is 72.9 cm³/mol. The average Bonchev–Trinajstić information content (AvgIpc) is 2.35. The van der Waals surface area contributed by atoms with E-state index < -0.39 is 0 Å². The van der Waals surface area contributed by atoms with Gasteiger partial charge in [-0.2, -0.15) is 0 Å². The molecule has 0 aliphatic carbocycles. The highest BCUT2D eigenvalue weighted by molar-refractivity contribution is 5.78. The second-order valence-electron chi connectivity index (χ2n) is 4.53. The van der Waals surface area contributed by atoms with E-state index in [1.807, 2.05) is 38.4 Å². The third-order valence-corrected chi connectivity index (χ3v) is 2.63. The third kappa shape index (κ3) is 5.68. The number of ether oxygens (including phenoxy) is 1. The molecule has 0 fully saturated rings. The molecule has 0 saturated heterocycles. The fourth-order valence-corrected chi connectivity index (χ4v) is 1.61. The number of carbonyl (C=O) groups excluding carboxylic acids is 1. The molecule has 0 atom stereocenters. The van der Waals surface area contributed by atoms with Gasteiger partial charge in [-0.05, 0) is 44.8 Å². The number of hydrogen-bond donors (Lipinski definition) is 1. The maximum atomic E-state index is 11.7. The summed E-state index contributed by atoms with van der Waals surface area (Å²) in [6, 6.07) is 7.57. The second-order valence-corrected chi connectivity index (χ2v) is 4.53. The van der Waals surface area contributed by atoms with Crippen LogP contribution in [0.4, 0.5) is 0 Å². The van der Waals surface area contributed by atoms with E-state index in [1.54, 1.807) is 7.11 Å². The van der Waals surface area contributed by atoms with Crippen LogP contribution in [-0.4, -0.2) is 45.1 Å². The first-order valence-electron chi connectivity index (χ1n) is 6.16. The van der Waals surface area contributed by atoms with E-state index in [4.69, 9.17) is 4.74 Å². The summed E-state index contributed by atoms with van der Waals surface area (Å²) in [6.45, 7) is 1.72. The van der Waals surface area contributed by atoms with Crippen LogP contribution < -0.4 is 10.1 Å². The van der Waals surface area contributed by atoms with Crippen LogP contribution in [-0.2, 0) is 11.2 Å². The van der Waals surface area contributed by atoms with Gasteiger partial charge in [0.2, 0.25) is 5.91 Å². The Morgan fingerprint density at radius 1 is 1.28 bits per heavy atom. The van der Waals surface area contributed by atoms with E-state index in [0.29, 0.717) is 6.42 Å². The van der Waals surface area contributed by atoms with Crippen LogP contribution in [0.25, 0.3) is 0 Å². The predicted octanol–water partition coefficient (Wildman–Crippen LogP) is 1.31. The van der Waals surface area contributed by atoms with Crippen molar-refractivity contribution in [3.8, 4) is 5.75 Å². The lowest BCUT2D eigenvalue weighted by molar-refractivity contribution is -0.120. The van der Waals surface area contributed by atoms with E-state index in [-0.39, 0.29) is 5.91 Å². The standard InChI is InChI=1S/C14H22N2O2/c1-16(2)10-4-9-15-14(17)11-12-5-7-13(18-3)8-6-12/h5-8H,4,9-11H2,1-3H3,(H,15,17). The molecule has 1 aromatic carbocycles. The topological polar surface area (TPSA) is 41.6 Å². The van der Waals surface area contributed by atoms with E-state index in [1.165, 1.54) is 0 Å². The van der Waals surface area contributed by atoms with Crippen LogP contribution in [0, 0.1) is 0 Å². The summed E-state index contributed by atoms with van der Waals surface area (Å²) in [5.74, 6) is 0.879. The quantitative estimate of drug-likeness (QED) is 0.742. The third-order valence-electron chi connectivity index (χ3n) is 2.63. The summed E-state index contributed by atoms with van der Waals surface area (Å²) in [5.41, 5.74) is 1.00. The van der Waals surface area contributed by atoms with E-state index in [0.717, 1.165) is 30.8 Å². The van der Waals surface area contributed by atoms with Gasteiger partial charge in [-0.15, -0.1) is 0 Å². The van der Waals surface area contributed by atoms with Gasteiger partial charge in [0.15, 0.2) is 0 Å². The van der Waals surface area contributed by atoms with Crippen LogP contribution in [0.2, 0.25) is 0 Å². The molecule has 4 heteroatoms. The average molecular weight is 250 g/mol. The Morgan fingerprint density at radius 3 is 2.50 bits per heavy atom. The van der Waals surface area contributed by atoms with Crippen molar-refractivity contribution in [3.63, 3.8) is 0 Å². The molecule has 1 N–H and O–H groups in total. The molecule has 1 aromatic rings. The maximum absolute atomic E-state index is 11.7. The van der Waals surface area contributed by atoms with Gasteiger partial charge in [-0.3, -0.25) is 4.79 Å². The summed E-state index contributed by atoms with van der Waals surface area (Å²) in [4.78, 5) is 13.8. The Labute approximate surface area is 109 Å². The highest BCUT2D eigenvalue weighted by Crippen LogP contribution is 2.11. The first kappa shape index (κ1) is 14.5. The summed E-state index contributed by atoms with van der Waals surface area (Å²) in [6.07, 6.45) is 1.40. The Morgan fingerprint density at radius 2 is 1.94 bits per heavy atom. The normalized spacial score (nSPS) is 10.4. The van der Waals surface area contributed by atoms with Crippen LogP contribution >= 0.6 is 0 Å². The van der Waals surface area contributed by atoms with Gasteiger partial charge in [-0.1, -0.05) is 12.1 Å². The molecular weight excluding hydrogens is 228 g/mol.